The zero-order chi connectivity index (χ0) is 19.9. The maximum atomic E-state index is 14.3. The first kappa shape index (κ1) is 19.4. The molecule has 0 fully saturated rings. The van der Waals surface area contributed by atoms with Gasteiger partial charge in [-0.05, 0) is 30.7 Å². The summed E-state index contributed by atoms with van der Waals surface area (Å²) in [6.07, 6.45) is 3.36. The molecule has 0 aliphatic rings. The molecule has 1 heterocycles. The van der Waals surface area contributed by atoms with Gasteiger partial charge in [-0.25, -0.2) is 14.2 Å². The van der Waals surface area contributed by atoms with E-state index in [1.807, 2.05) is 31.2 Å². The molecule has 0 bridgehead atoms. The Balaban J connectivity index is 1.60. The number of aryl methyl sites for hydroxylation is 2. The third kappa shape index (κ3) is 4.88. The van der Waals surface area contributed by atoms with Gasteiger partial charge in [0.05, 0.1) is 6.54 Å². The van der Waals surface area contributed by atoms with Crippen LogP contribution in [0.2, 0.25) is 0 Å². The fraction of sp³-hybridized carbons (Fsp3) is 0.238. The number of urea groups is 1. The summed E-state index contributed by atoms with van der Waals surface area (Å²) in [5.41, 5.74) is 1.45. The highest BCUT2D eigenvalue weighted by molar-refractivity contribution is 5.74. The predicted molar refractivity (Wildman–Crippen MR) is 105 cm³/mol. The maximum absolute atomic E-state index is 14.3. The Morgan fingerprint density at radius 1 is 1.25 bits per heavy atom. The van der Waals surface area contributed by atoms with E-state index in [1.54, 1.807) is 42.2 Å². The average Bonchev–Trinajstić information content (AvgIpc) is 3.10. The van der Waals surface area contributed by atoms with Crippen LogP contribution in [0.25, 0.3) is 0 Å². The van der Waals surface area contributed by atoms with Gasteiger partial charge in [-0.1, -0.05) is 30.3 Å². The number of nitrogens with one attached hydrogen (secondary N) is 2. The zero-order valence-corrected chi connectivity index (χ0v) is 15.9. The molecule has 0 aliphatic carbocycles. The second-order valence-electron chi connectivity index (χ2n) is 6.42. The smallest absolute Gasteiger partial charge is 0.315 e. The van der Waals surface area contributed by atoms with Gasteiger partial charge < -0.3 is 19.9 Å². The highest BCUT2D eigenvalue weighted by atomic mass is 19.1. The molecule has 1 atom stereocenters. The van der Waals surface area contributed by atoms with E-state index in [-0.39, 0.29) is 0 Å². The third-order valence-corrected chi connectivity index (χ3v) is 4.25. The SMILES string of the molecule is Cc1cccc(OCCNC(=O)NC(c2ccccc2F)c2nccn2C)c1. The molecule has 28 heavy (non-hydrogen) atoms. The molecule has 0 spiro atoms. The molecule has 3 rings (SSSR count). The summed E-state index contributed by atoms with van der Waals surface area (Å²) < 4.78 is 21.7. The van der Waals surface area contributed by atoms with Gasteiger partial charge >= 0.3 is 6.03 Å². The van der Waals surface area contributed by atoms with Crippen LogP contribution in [0.3, 0.4) is 0 Å². The minimum absolute atomic E-state index is 0.310. The van der Waals surface area contributed by atoms with Crippen LogP contribution >= 0.6 is 0 Å². The van der Waals surface area contributed by atoms with Gasteiger partial charge in [-0.2, -0.15) is 0 Å². The molecule has 1 aromatic heterocycles. The van der Waals surface area contributed by atoms with Crippen molar-refractivity contribution in [3.63, 3.8) is 0 Å². The van der Waals surface area contributed by atoms with Crippen LogP contribution in [0.1, 0.15) is 23.0 Å². The lowest BCUT2D eigenvalue weighted by Crippen LogP contribution is -2.41. The van der Waals surface area contributed by atoms with Gasteiger partial charge in [0.2, 0.25) is 0 Å². The van der Waals surface area contributed by atoms with Crippen LogP contribution in [-0.4, -0.2) is 28.7 Å². The van der Waals surface area contributed by atoms with E-state index in [4.69, 9.17) is 4.74 Å². The van der Waals surface area contributed by atoms with Gasteiger partial charge in [0.1, 0.15) is 30.0 Å². The Morgan fingerprint density at radius 2 is 2.07 bits per heavy atom. The van der Waals surface area contributed by atoms with Crippen LogP contribution in [0.5, 0.6) is 5.75 Å². The highest BCUT2D eigenvalue weighted by Crippen LogP contribution is 2.22. The monoisotopic (exact) mass is 382 g/mol. The number of rotatable bonds is 7. The van der Waals surface area contributed by atoms with Crippen LogP contribution in [0.4, 0.5) is 9.18 Å². The van der Waals surface area contributed by atoms with Crippen molar-refractivity contribution in [2.45, 2.75) is 13.0 Å². The summed E-state index contributed by atoms with van der Waals surface area (Å²) in [5.74, 6) is 0.884. The van der Waals surface area contributed by atoms with Gasteiger partial charge in [-0.3, -0.25) is 0 Å². The normalized spacial score (nSPS) is 11.7. The second-order valence-corrected chi connectivity index (χ2v) is 6.42. The minimum Gasteiger partial charge on any atom is -0.492 e. The lowest BCUT2D eigenvalue weighted by atomic mass is 10.1. The second kappa shape index (κ2) is 9.03. The molecule has 3 aromatic rings. The van der Waals surface area contributed by atoms with Gasteiger partial charge in [-0.15, -0.1) is 0 Å². The van der Waals surface area contributed by atoms with E-state index in [1.165, 1.54) is 6.07 Å². The molecular weight excluding hydrogens is 359 g/mol. The molecule has 6 nitrogen and oxygen atoms in total. The molecule has 0 radical (unpaired) electrons. The van der Waals surface area contributed by atoms with Crippen LogP contribution < -0.4 is 15.4 Å². The molecule has 0 aliphatic heterocycles. The van der Waals surface area contributed by atoms with Crippen molar-refractivity contribution in [1.82, 2.24) is 20.2 Å². The standard InChI is InChI=1S/C21H23FN4O2/c1-15-6-5-7-16(14-15)28-13-11-24-21(27)25-19(20-23-10-12-26(20)2)17-8-3-4-9-18(17)22/h3-10,12,14,19H,11,13H2,1-2H3,(H2,24,25,27). The highest BCUT2D eigenvalue weighted by Gasteiger charge is 2.23. The first-order valence-corrected chi connectivity index (χ1v) is 9.00. The Labute approximate surface area is 163 Å². The molecule has 2 N–H and O–H groups in total. The van der Waals surface area contributed by atoms with Gasteiger partial charge in [0.25, 0.3) is 0 Å². The Kier molecular flexibility index (Phi) is 6.26. The van der Waals surface area contributed by atoms with E-state index >= 15 is 0 Å². The third-order valence-electron chi connectivity index (χ3n) is 4.25. The van der Waals surface area contributed by atoms with Crippen molar-refractivity contribution < 1.29 is 13.9 Å². The fourth-order valence-electron chi connectivity index (χ4n) is 2.87. The number of aromatic nitrogens is 2. The summed E-state index contributed by atoms with van der Waals surface area (Å²) >= 11 is 0. The molecule has 1 unspecified atom stereocenters. The van der Waals surface area contributed by atoms with Crippen molar-refractivity contribution in [3.05, 3.63) is 83.7 Å². The summed E-state index contributed by atoms with van der Waals surface area (Å²) in [7, 11) is 1.80. The first-order chi connectivity index (χ1) is 13.5. The molecule has 0 saturated carbocycles. The topological polar surface area (TPSA) is 68.2 Å². The number of ether oxygens (including phenoxy) is 1. The summed E-state index contributed by atoms with van der Waals surface area (Å²) in [6, 6.07) is 12.9. The average molecular weight is 382 g/mol. The number of imidazole rings is 1. The van der Waals surface area contributed by atoms with Gasteiger partial charge in [0, 0.05) is 25.0 Å². The van der Waals surface area contributed by atoms with Crippen LogP contribution in [0.15, 0.2) is 60.9 Å². The maximum Gasteiger partial charge on any atom is 0.315 e. The lowest BCUT2D eigenvalue weighted by molar-refractivity contribution is 0.233. The molecule has 7 heteroatoms. The summed E-state index contributed by atoms with van der Waals surface area (Å²) in [4.78, 5) is 16.6. The zero-order valence-electron chi connectivity index (χ0n) is 15.9. The predicted octanol–water partition coefficient (Wildman–Crippen LogP) is 3.34. The van der Waals surface area contributed by atoms with Crippen molar-refractivity contribution in [3.8, 4) is 5.75 Å². The van der Waals surface area contributed by atoms with E-state index in [2.05, 4.69) is 15.6 Å². The minimum atomic E-state index is -0.709. The summed E-state index contributed by atoms with van der Waals surface area (Å²) in [5, 5.41) is 5.53. The molecule has 0 saturated heterocycles. The number of benzene rings is 2. The van der Waals surface area contributed by atoms with E-state index in [0.717, 1.165) is 11.3 Å². The lowest BCUT2D eigenvalue weighted by Gasteiger charge is -2.20. The largest absolute Gasteiger partial charge is 0.492 e. The van der Waals surface area contributed by atoms with E-state index in [0.29, 0.717) is 24.5 Å². The number of nitrogens with zero attached hydrogens (tertiary/aromatic N) is 2. The van der Waals surface area contributed by atoms with Crippen molar-refractivity contribution >= 4 is 6.03 Å². The van der Waals surface area contributed by atoms with Crippen molar-refractivity contribution in [2.75, 3.05) is 13.2 Å². The number of hydrogen-bond acceptors (Lipinski definition) is 3. The Hall–Kier alpha value is -3.35. The quantitative estimate of drug-likeness (QED) is 0.616. The molecule has 2 amide bonds. The molecule has 2 aromatic carbocycles. The van der Waals surface area contributed by atoms with Crippen LogP contribution in [-0.2, 0) is 7.05 Å². The van der Waals surface area contributed by atoms with E-state index in [9.17, 15) is 9.18 Å². The fourth-order valence-corrected chi connectivity index (χ4v) is 2.87. The first-order valence-electron chi connectivity index (χ1n) is 9.00. The van der Waals surface area contributed by atoms with Crippen molar-refractivity contribution in [2.24, 2.45) is 7.05 Å². The molecule has 146 valence electrons. The number of carbonyl (C=O) groups excluding carboxylic acids is 1. The number of amides is 2. The number of carbonyl (C=O) groups is 1. The molecular formula is C21H23FN4O2. The van der Waals surface area contributed by atoms with Gasteiger partial charge in [0.15, 0.2) is 0 Å². The van der Waals surface area contributed by atoms with E-state index < -0.39 is 17.9 Å². The Bertz CT molecular complexity index is 941. The van der Waals surface area contributed by atoms with Crippen molar-refractivity contribution in [1.29, 1.82) is 0 Å². The number of hydrogen-bond donors (Lipinski definition) is 2. The number of halogens is 1. The Morgan fingerprint density at radius 3 is 2.79 bits per heavy atom. The summed E-state index contributed by atoms with van der Waals surface area (Å²) in [6.45, 7) is 2.62. The van der Waals surface area contributed by atoms with Crippen LogP contribution in [0, 0.1) is 12.7 Å².